The van der Waals surface area contributed by atoms with Crippen molar-refractivity contribution < 1.29 is 4.74 Å². The number of piperidine rings is 1. The van der Waals surface area contributed by atoms with Crippen molar-refractivity contribution in [3.8, 4) is 5.75 Å². The molecule has 0 aliphatic carbocycles. The Morgan fingerprint density at radius 3 is 2.90 bits per heavy atom. The van der Waals surface area contributed by atoms with Gasteiger partial charge in [-0.1, -0.05) is 26.8 Å². The molecule has 2 heterocycles. The first-order valence-corrected chi connectivity index (χ1v) is 11.1. The molecule has 1 fully saturated rings. The largest absolute Gasteiger partial charge is 0.497 e. The van der Waals surface area contributed by atoms with Crippen LogP contribution in [-0.2, 0) is 12.0 Å². The Morgan fingerprint density at radius 1 is 1.38 bits per heavy atom. The molecular weight excluding hydrogens is 382 g/mol. The topological polar surface area (TPSA) is 61.8 Å². The van der Waals surface area contributed by atoms with Crippen LogP contribution in [0.1, 0.15) is 44.3 Å². The van der Waals surface area contributed by atoms with Crippen molar-refractivity contribution in [3.05, 3.63) is 40.3 Å². The summed E-state index contributed by atoms with van der Waals surface area (Å²) in [5.74, 6) is 1.73. The molecule has 1 saturated heterocycles. The molecule has 1 aromatic heterocycles. The molecule has 29 heavy (non-hydrogen) atoms. The van der Waals surface area contributed by atoms with E-state index in [1.54, 1.807) is 18.4 Å². The van der Waals surface area contributed by atoms with Crippen molar-refractivity contribution >= 4 is 23.0 Å². The summed E-state index contributed by atoms with van der Waals surface area (Å²) < 4.78 is 5.37. The van der Waals surface area contributed by atoms with Crippen LogP contribution in [0.2, 0.25) is 0 Å². The van der Waals surface area contributed by atoms with E-state index in [9.17, 15) is 0 Å². The van der Waals surface area contributed by atoms with E-state index in [0.29, 0.717) is 12.6 Å². The van der Waals surface area contributed by atoms with E-state index in [1.165, 1.54) is 5.69 Å². The third-order valence-corrected chi connectivity index (χ3v) is 5.98. The first-order chi connectivity index (χ1) is 13.9. The summed E-state index contributed by atoms with van der Waals surface area (Å²) in [6, 6.07) is 8.63. The van der Waals surface area contributed by atoms with Crippen LogP contribution in [0, 0.1) is 0 Å². The van der Waals surface area contributed by atoms with Crippen molar-refractivity contribution in [1.29, 1.82) is 0 Å². The van der Waals surface area contributed by atoms with Crippen LogP contribution in [0.3, 0.4) is 0 Å². The zero-order chi connectivity index (χ0) is 20.9. The van der Waals surface area contributed by atoms with Gasteiger partial charge in [0.2, 0.25) is 0 Å². The van der Waals surface area contributed by atoms with Gasteiger partial charge in [-0.2, -0.15) is 0 Å². The number of nitrogens with one attached hydrogen (secondary N) is 2. The van der Waals surface area contributed by atoms with E-state index >= 15 is 0 Å². The molecule has 0 amide bonds. The molecule has 3 rings (SSSR count). The fraction of sp³-hybridized carbons (Fsp3) is 0.545. The summed E-state index contributed by atoms with van der Waals surface area (Å²) in [5, 5.41) is 10.2. The number of aliphatic imine (C=N–C) groups is 1. The first kappa shape index (κ1) is 21.4. The molecule has 0 radical (unpaired) electrons. The SMILES string of the molecule is CN=C(NCc1nc(C(C)(C)C)cs1)NC1CCCN(c2cccc(OC)c2)C1. The maximum atomic E-state index is 5.37. The molecule has 0 spiro atoms. The highest BCUT2D eigenvalue weighted by molar-refractivity contribution is 7.09. The molecule has 1 unspecified atom stereocenters. The molecule has 2 aromatic rings. The van der Waals surface area contributed by atoms with Crippen molar-refractivity contribution in [2.24, 2.45) is 4.99 Å². The van der Waals surface area contributed by atoms with Gasteiger partial charge in [0.1, 0.15) is 10.8 Å². The van der Waals surface area contributed by atoms with Gasteiger partial charge in [-0.25, -0.2) is 4.98 Å². The maximum absolute atomic E-state index is 5.37. The lowest BCUT2D eigenvalue weighted by atomic mass is 9.93. The third kappa shape index (κ3) is 5.85. The lowest BCUT2D eigenvalue weighted by Crippen LogP contribution is -2.51. The van der Waals surface area contributed by atoms with E-state index < -0.39 is 0 Å². The predicted octanol–water partition coefficient (Wildman–Crippen LogP) is 3.78. The number of hydrogen-bond donors (Lipinski definition) is 2. The Bertz CT molecular complexity index is 827. The molecule has 2 N–H and O–H groups in total. The number of rotatable bonds is 5. The van der Waals surface area contributed by atoms with Crippen LogP contribution in [-0.4, -0.2) is 44.2 Å². The van der Waals surface area contributed by atoms with Gasteiger partial charge in [0.15, 0.2) is 5.96 Å². The standard InChI is InChI=1S/C22H33N5OS/c1-22(2,3)19-15-29-20(26-19)13-24-21(23-4)25-16-8-7-11-27(14-16)17-9-6-10-18(12-17)28-5/h6,9-10,12,15-16H,7-8,11,13-14H2,1-5H3,(H2,23,24,25). The van der Waals surface area contributed by atoms with Gasteiger partial charge in [-0.05, 0) is 25.0 Å². The number of anilines is 1. The minimum Gasteiger partial charge on any atom is -0.497 e. The molecule has 7 heteroatoms. The highest BCUT2D eigenvalue weighted by Gasteiger charge is 2.22. The van der Waals surface area contributed by atoms with Crippen molar-refractivity contribution in [3.63, 3.8) is 0 Å². The summed E-state index contributed by atoms with van der Waals surface area (Å²) in [4.78, 5) is 11.6. The van der Waals surface area contributed by atoms with Gasteiger partial charge in [-0.3, -0.25) is 4.99 Å². The number of nitrogens with zero attached hydrogens (tertiary/aromatic N) is 3. The average Bonchev–Trinajstić information content (AvgIpc) is 3.21. The monoisotopic (exact) mass is 415 g/mol. The quantitative estimate of drug-likeness (QED) is 0.575. The number of aromatic nitrogens is 1. The summed E-state index contributed by atoms with van der Waals surface area (Å²) in [5.41, 5.74) is 2.43. The number of hydrogen-bond acceptors (Lipinski definition) is 5. The molecule has 6 nitrogen and oxygen atoms in total. The minimum atomic E-state index is 0.0837. The van der Waals surface area contributed by atoms with Gasteiger partial charge >= 0.3 is 0 Å². The van der Waals surface area contributed by atoms with E-state index in [-0.39, 0.29) is 5.41 Å². The smallest absolute Gasteiger partial charge is 0.191 e. The highest BCUT2D eigenvalue weighted by atomic mass is 32.1. The van der Waals surface area contributed by atoms with Crippen LogP contribution in [0.15, 0.2) is 34.6 Å². The second-order valence-electron chi connectivity index (χ2n) is 8.43. The van der Waals surface area contributed by atoms with E-state index in [4.69, 9.17) is 9.72 Å². The predicted molar refractivity (Wildman–Crippen MR) is 122 cm³/mol. The Morgan fingerprint density at radius 2 is 2.21 bits per heavy atom. The summed E-state index contributed by atoms with van der Waals surface area (Å²) >= 11 is 1.70. The Kier molecular flexibility index (Phi) is 7.00. The number of benzene rings is 1. The van der Waals surface area contributed by atoms with E-state index in [0.717, 1.165) is 48.3 Å². The summed E-state index contributed by atoms with van der Waals surface area (Å²) in [7, 11) is 3.53. The van der Waals surface area contributed by atoms with Crippen LogP contribution < -0.4 is 20.3 Å². The highest BCUT2D eigenvalue weighted by Crippen LogP contribution is 2.25. The summed E-state index contributed by atoms with van der Waals surface area (Å²) in [6.07, 6.45) is 2.28. The van der Waals surface area contributed by atoms with Gasteiger partial charge in [0, 0.05) is 48.7 Å². The normalized spacial score (nSPS) is 17.9. The number of ether oxygens (including phenoxy) is 1. The summed E-state index contributed by atoms with van der Waals surface area (Å²) in [6.45, 7) is 9.27. The molecule has 0 saturated carbocycles. The van der Waals surface area contributed by atoms with Crippen molar-refractivity contribution in [1.82, 2.24) is 15.6 Å². The van der Waals surface area contributed by atoms with Crippen LogP contribution in [0.4, 0.5) is 5.69 Å². The third-order valence-electron chi connectivity index (χ3n) is 5.13. The van der Waals surface area contributed by atoms with Gasteiger partial charge in [0.05, 0.1) is 19.3 Å². The van der Waals surface area contributed by atoms with Crippen LogP contribution in [0.5, 0.6) is 5.75 Å². The number of guanidine groups is 1. The fourth-order valence-corrected chi connectivity index (χ4v) is 4.38. The Hall–Kier alpha value is -2.28. The second-order valence-corrected chi connectivity index (χ2v) is 9.38. The molecule has 158 valence electrons. The zero-order valence-corrected chi connectivity index (χ0v) is 19.0. The molecule has 1 aliphatic rings. The van der Waals surface area contributed by atoms with Gasteiger partial charge in [0.25, 0.3) is 0 Å². The van der Waals surface area contributed by atoms with Gasteiger partial charge < -0.3 is 20.3 Å². The molecular formula is C22H33N5OS. The van der Waals surface area contributed by atoms with E-state index in [2.05, 4.69) is 58.8 Å². The maximum Gasteiger partial charge on any atom is 0.191 e. The first-order valence-electron chi connectivity index (χ1n) is 10.2. The lowest BCUT2D eigenvalue weighted by Gasteiger charge is -2.35. The Balaban J connectivity index is 1.55. The van der Waals surface area contributed by atoms with Crippen molar-refractivity contribution in [2.45, 2.75) is 51.6 Å². The van der Waals surface area contributed by atoms with Crippen LogP contribution in [0.25, 0.3) is 0 Å². The fourth-order valence-electron chi connectivity index (χ4n) is 3.42. The molecule has 0 bridgehead atoms. The van der Waals surface area contributed by atoms with Crippen molar-refractivity contribution in [2.75, 3.05) is 32.1 Å². The average molecular weight is 416 g/mol. The van der Waals surface area contributed by atoms with E-state index in [1.807, 2.05) is 19.2 Å². The van der Waals surface area contributed by atoms with Gasteiger partial charge in [-0.15, -0.1) is 11.3 Å². The zero-order valence-electron chi connectivity index (χ0n) is 18.2. The second kappa shape index (κ2) is 9.48. The molecule has 1 aliphatic heterocycles. The van der Waals surface area contributed by atoms with Crippen LogP contribution >= 0.6 is 11.3 Å². The molecule has 1 atom stereocenters. The minimum absolute atomic E-state index is 0.0837. The number of thiazole rings is 1. The molecule has 1 aromatic carbocycles. The lowest BCUT2D eigenvalue weighted by molar-refractivity contribution is 0.414. The number of methoxy groups -OCH3 is 1. The Labute approximate surface area is 178 Å².